The van der Waals surface area contributed by atoms with Gasteiger partial charge in [-0.1, -0.05) is 11.3 Å². The fraction of sp³-hybridized carbons (Fsp3) is 0.545. The van der Waals surface area contributed by atoms with Gasteiger partial charge >= 0.3 is 0 Å². The molecular weight excluding hydrogens is 266 g/mol. The van der Waals surface area contributed by atoms with Gasteiger partial charge < -0.3 is 21.3 Å². The molecule has 0 aliphatic carbocycles. The summed E-state index contributed by atoms with van der Waals surface area (Å²) in [5.74, 6) is -0.401. The van der Waals surface area contributed by atoms with E-state index in [0.29, 0.717) is 10.0 Å². The zero-order valence-corrected chi connectivity index (χ0v) is 12.3. The van der Waals surface area contributed by atoms with E-state index < -0.39 is 0 Å². The second kappa shape index (κ2) is 6.37. The summed E-state index contributed by atoms with van der Waals surface area (Å²) in [4.78, 5) is 29.0. The summed E-state index contributed by atoms with van der Waals surface area (Å²) in [6, 6.07) is 0.205. The molecule has 0 saturated carbocycles. The van der Waals surface area contributed by atoms with Gasteiger partial charge in [-0.15, -0.1) is 0 Å². The number of hydrogen-bond donors (Lipinski definition) is 3. The molecule has 0 aliphatic rings. The van der Waals surface area contributed by atoms with Crippen LogP contribution in [0.5, 0.6) is 0 Å². The second-order valence-corrected chi connectivity index (χ2v) is 5.50. The molecule has 106 valence electrons. The highest BCUT2D eigenvalue weighted by Crippen LogP contribution is 2.25. The molecule has 0 unspecified atom stereocenters. The minimum Gasteiger partial charge on any atom is -0.382 e. The third-order valence-electron chi connectivity index (χ3n) is 2.17. The highest BCUT2D eigenvalue weighted by molar-refractivity contribution is 7.18. The molecule has 1 aromatic rings. The molecule has 1 rings (SSSR count). The number of nitrogens with two attached hydrogens (primary N) is 1. The zero-order chi connectivity index (χ0) is 14.6. The van der Waals surface area contributed by atoms with E-state index in [9.17, 15) is 9.59 Å². The van der Waals surface area contributed by atoms with E-state index in [1.165, 1.54) is 16.2 Å². The lowest BCUT2D eigenvalue weighted by atomic mass is 10.4. The molecule has 0 bridgehead atoms. The van der Waals surface area contributed by atoms with Crippen molar-refractivity contribution >= 4 is 34.1 Å². The number of likely N-dealkylation sites (N-methyl/N-ethyl adjacent to an activating group) is 1. The number of carbonyl (C=O) groups excluding carboxylic acids is 2. The van der Waals surface area contributed by atoms with E-state index in [4.69, 9.17) is 5.73 Å². The van der Waals surface area contributed by atoms with Crippen LogP contribution in [0.1, 0.15) is 23.5 Å². The average molecular weight is 285 g/mol. The van der Waals surface area contributed by atoms with Crippen molar-refractivity contribution in [3.63, 3.8) is 0 Å². The van der Waals surface area contributed by atoms with E-state index in [-0.39, 0.29) is 30.2 Å². The lowest BCUT2D eigenvalue weighted by Gasteiger charge is -2.10. The highest BCUT2D eigenvalue weighted by Gasteiger charge is 2.17. The van der Waals surface area contributed by atoms with Crippen LogP contribution >= 0.6 is 11.3 Å². The standard InChI is InChI=1S/C11H19N5O2S/c1-6(2)14-11-15-9(12)8(19-11)10(18)13-5-7(17)16(3)4/h6H,5,12H2,1-4H3,(H,13,18)(H,14,15). The maximum Gasteiger partial charge on any atom is 0.265 e. The average Bonchev–Trinajstić information content (AvgIpc) is 2.65. The second-order valence-electron chi connectivity index (χ2n) is 4.50. The van der Waals surface area contributed by atoms with Crippen LogP contribution in [0.2, 0.25) is 0 Å². The minimum absolute atomic E-state index is 0.0594. The first kappa shape index (κ1) is 15.2. The van der Waals surface area contributed by atoms with Crippen LogP contribution in [0.15, 0.2) is 0 Å². The van der Waals surface area contributed by atoms with Crippen molar-refractivity contribution in [3.05, 3.63) is 4.88 Å². The molecule has 0 atom stereocenters. The molecule has 8 heteroatoms. The number of rotatable bonds is 5. The van der Waals surface area contributed by atoms with Crippen molar-refractivity contribution < 1.29 is 9.59 Å². The summed E-state index contributed by atoms with van der Waals surface area (Å²) in [6.45, 7) is 3.87. The van der Waals surface area contributed by atoms with Crippen LogP contribution in [0.3, 0.4) is 0 Å². The number of amides is 2. The van der Waals surface area contributed by atoms with Crippen molar-refractivity contribution in [2.45, 2.75) is 19.9 Å². The summed E-state index contributed by atoms with van der Waals surface area (Å²) in [7, 11) is 3.25. The normalized spacial score (nSPS) is 10.4. The zero-order valence-electron chi connectivity index (χ0n) is 11.5. The molecule has 0 radical (unpaired) electrons. The molecule has 7 nitrogen and oxygen atoms in total. The van der Waals surface area contributed by atoms with Gasteiger partial charge in [0.2, 0.25) is 5.91 Å². The molecule has 0 aromatic carbocycles. The van der Waals surface area contributed by atoms with Gasteiger partial charge in [-0.3, -0.25) is 9.59 Å². The van der Waals surface area contributed by atoms with Crippen LogP contribution in [0, 0.1) is 0 Å². The first-order chi connectivity index (χ1) is 8.81. The molecule has 1 aromatic heterocycles. The fourth-order valence-electron chi connectivity index (χ4n) is 1.20. The predicted octanol–water partition coefficient (Wildman–Crippen LogP) is 0.364. The monoisotopic (exact) mass is 285 g/mol. The number of nitrogens with one attached hydrogen (secondary N) is 2. The summed E-state index contributed by atoms with van der Waals surface area (Å²) >= 11 is 1.17. The molecule has 2 amide bonds. The smallest absolute Gasteiger partial charge is 0.265 e. The molecule has 0 spiro atoms. The number of thiazole rings is 1. The van der Waals surface area contributed by atoms with E-state index in [1.54, 1.807) is 14.1 Å². The molecular formula is C11H19N5O2S. The van der Waals surface area contributed by atoms with Gasteiger partial charge in [0.05, 0.1) is 6.54 Å². The van der Waals surface area contributed by atoms with Gasteiger partial charge in [0, 0.05) is 20.1 Å². The highest BCUT2D eigenvalue weighted by atomic mass is 32.1. The lowest BCUT2D eigenvalue weighted by Crippen LogP contribution is -2.36. The Balaban J connectivity index is 2.67. The summed E-state index contributed by atoms with van der Waals surface area (Å²) in [6.07, 6.45) is 0. The van der Waals surface area contributed by atoms with E-state index in [1.807, 2.05) is 13.8 Å². The van der Waals surface area contributed by atoms with Gasteiger partial charge in [0.15, 0.2) is 5.13 Å². The van der Waals surface area contributed by atoms with Crippen LogP contribution in [-0.2, 0) is 4.79 Å². The quantitative estimate of drug-likeness (QED) is 0.725. The number of nitrogens with zero attached hydrogens (tertiary/aromatic N) is 2. The molecule has 0 saturated heterocycles. The summed E-state index contributed by atoms with van der Waals surface area (Å²) in [5.41, 5.74) is 5.69. The Morgan fingerprint density at radius 1 is 1.42 bits per heavy atom. The van der Waals surface area contributed by atoms with Gasteiger partial charge in [-0.2, -0.15) is 0 Å². The number of nitrogen functional groups attached to an aromatic ring is 1. The topological polar surface area (TPSA) is 100 Å². The van der Waals surface area contributed by atoms with Crippen LogP contribution < -0.4 is 16.4 Å². The van der Waals surface area contributed by atoms with Crippen LogP contribution in [-0.4, -0.2) is 48.4 Å². The Kier molecular flexibility index (Phi) is 5.11. The van der Waals surface area contributed by atoms with Gasteiger partial charge in [0.25, 0.3) is 5.91 Å². The minimum atomic E-state index is -0.387. The van der Waals surface area contributed by atoms with Crippen molar-refractivity contribution in [1.29, 1.82) is 0 Å². The van der Waals surface area contributed by atoms with Crippen LogP contribution in [0.25, 0.3) is 0 Å². The van der Waals surface area contributed by atoms with Gasteiger partial charge in [-0.25, -0.2) is 4.98 Å². The molecule has 0 aliphatic heterocycles. The Bertz CT molecular complexity index is 470. The SMILES string of the molecule is CC(C)Nc1nc(N)c(C(=O)NCC(=O)N(C)C)s1. The van der Waals surface area contributed by atoms with Crippen molar-refractivity contribution in [2.24, 2.45) is 0 Å². The maximum absolute atomic E-state index is 11.9. The van der Waals surface area contributed by atoms with Crippen molar-refractivity contribution in [2.75, 3.05) is 31.7 Å². The number of anilines is 2. The van der Waals surface area contributed by atoms with Crippen LogP contribution in [0.4, 0.5) is 10.9 Å². The summed E-state index contributed by atoms with van der Waals surface area (Å²) < 4.78 is 0. The fourth-order valence-corrected chi connectivity index (χ4v) is 2.14. The molecule has 4 N–H and O–H groups in total. The Morgan fingerprint density at radius 3 is 2.58 bits per heavy atom. The Hall–Kier alpha value is -1.83. The van der Waals surface area contributed by atoms with E-state index >= 15 is 0 Å². The molecule has 0 fully saturated rings. The van der Waals surface area contributed by atoms with Crippen molar-refractivity contribution in [1.82, 2.24) is 15.2 Å². The third kappa shape index (κ3) is 4.40. The van der Waals surface area contributed by atoms with E-state index in [0.717, 1.165) is 0 Å². The summed E-state index contributed by atoms with van der Waals surface area (Å²) in [5, 5.41) is 6.19. The van der Waals surface area contributed by atoms with Crippen molar-refractivity contribution in [3.8, 4) is 0 Å². The molecule has 1 heterocycles. The predicted molar refractivity (Wildman–Crippen MR) is 76.3 cm³/mol. The molecule has 19 heavy (non-hydrogen) atoms. The first-order valence-electron chi connectivity index (χ1n) is 5.82. The Morgan fingerprint density at radius 2 is 2.05 bits per heavy atom. The van der Waals surface area contributed by atoms with E-state index in [2.05, 4.69) is 15.6 Å². The first-order valence-corrected chi connectivity index (χ1v) is 6.64. The van der Waals surface area contributed by atoms with Gasteiger partial charge in [0.1, 0.15) is 10.7 Å². The largest absolute Gasteiger partial charge is 0.382 e. The number of hydrogen-bond acceptors (Lipinski definition) is 6. The number of carbonyl (C=O) groups is 2. The Labute approximate surface area is 116 Å². The number of aromatic nitrogens is 1. The lowest BCUT2D eigenvalue weighted by molar-refractivity contribution is -0.127. The third-order valence-corrected chi connectivity index (χ3v) is 3.17. The maximum atomic E-state index is 11.9. The van der Waals surface area contributed by atoms with Gasteiger partial charge in [-0.05, 0) is 13.8 Å².